The number of hydrogen-bond acceptors (Lipinski definition) is 3. The van der Waals surface area contributed by atoms with E-state index in [9.17, 15) is 9.59 Å². The number of piperazine rings is 1. The number of amides is 2. The van der Waals surface area contributed by atoms with Crippen LogP contribution < -0.4 is 10.6 Å². The number of rotatable bonds is 8. The topological polar surface area (TPSA) is 66.6 Å². The van der Waals surface area contributed by atoms with Gasteiger partial charge in [0.15, 0.2) is 0 Å². The van der Waals surface area contributed by atoms with Crippen LogP contribution in [0.1, 0.15) is 47.0 Å². The summed E-state index contributed by atoms with van der Waals surface area (Å²) in [4.78, 5) is 29.7. The van der Waals surface area contributed by atoms with Crippen molar-refractivity contribution in [2.24, 2.45) is 23.5 Å². The normalized spacial score (nSPS) is 19.6. The Morgan fingerprint density at radius 2 is 1.82 bits per heavy atom. The van der Waals surface area contributed by atoms with Gasteiger partial charge in [-0.3, -0.25) is 9.59 Å². The van der Waals surface area contributed by atoms with Gasteiger partial charge in [-0.2, -0.15) is 0 Å². The Labute approximate surface area is 174 Å². The van der Waals surface area contributed by atoms with Gasteiger partial charge >= 0.3 is 0 Å². The van der Waals surface area contributed by atoms with Crippen molar-refractivity contribution >= 4 is 29.1 Å². The molecule has 6 heteroatoms. The van der Waals surface area contributed by atoms with Crippen LogP contribution >= 0.6 is 11.6 Å². The summed E-state index contributed by atoms with van der Waals surface area (Å²) in [5.41, 5.74) is 6.79. The first-order chi connectivity index (χ1) is 13.2. The summed E-state index contributed by atoms with van der Waals surface area (Å²) < 4.78 is 0. The second kappa shape index (κ2) is 10.1. The summed E-state index contributed by atoms with van der Waals surface area (Å²) in [5, 5.41) is 0.718. The number of anilines is 1. The summed E-state index contributed by atoms with van der Waals surface area (Å²) in [6, 6.07) is 8.01. The molecule has 0 bridgehead atoms. The van der Waals surface area contributed by atoms with Gasteiger partial charge in [-0.1, -0.05) is 38.8 Å². The number of halogens is 1. The molecule has 0 saturated carbocycles. The maximum absolute atomic E-state index is 13.4. The fourth-order valence-electron chi connectivity index (χ4n) is 4.21. The molecular weight excluding hydrogens is 374 g/mol. The lowest BCUT2D eigenvalue weighted by atomic mass is 9.81. The number of nitrogens with two attached hydrogens (primary N) is 1. The minimum Gasteiger partial charge on any atom is -0.369 e. The zero-order chi connectivity index (χ0) is 20.8. The first-order valence-corrected chi connectivity index (χ1v) is 10.7. The van der Waals surface area contributed by atoms with Crippen LogP contribution in [0.3, 0.4) is 0 Å². The van der Waals surface area contributed by atoms with E-state index in [2.05, 4.69) is 25.7 Å². The monoisotopic (exact) mass is 407 g/mol. The van der Waals surface area contributed by atoms with Gasteiger partial charge in [0, 0.05) is 48.2 Å². The average Bonchev–Trinajstić information content (AvgIpc) is 2.64. The summed E-state index contributed by atoms with van der Waals surface area (Å²) in [7, 11) is 0. The molecule has 1 aliphatic rings. The van der Waals surface area contributed by atoms with Crippen molar-refractivity contribution in [1.82, 2.24) is 4.90 Å². The molecule has 3 unspecified atom stereocenters. The summed E-state index contributed by atoms with van der Waals surface area (Å²) >= 11 is 6.00. The number of nitrogens with zero attached hydrogens (tertiary/aromatic N) is 2. The van der Waals surface area contributed by atoms with Crippen LogP contribution in [0.5, 0.6) is 0 Å². The van der Waals surface area contributed by atoms with E-state index in [-0.39, 0.29) is 29.7 Å². The van der Waals surface area contributed by atoms with E-state index in [1.54, 1.807) is 0 Å². The molecule has 1 fully saturated rings. The smallest absolute Gasteiger partial charge is 0.226 e. The van der Waals surface area contributed by atoms with Gasteiger partial charge in [-0.15, -0.1) is 0 Å². The summed E-state index contributed by atoms with van der Waals surface area (Å²) in [5.74, 6) is -0.654. The standard InChI is InChI=1S/C22H34ClN3O2/c1-5-6-19(21(24)27)20(13-15(2)3)22(28)25-11-12-26(16(4)14-25)18-9-7-17(23)8-10-18/h7-10,15-16,19-20H,5-6,11-14H2,1-4H3,(H2,24,27). The highest BCUT2D eigenvalue weighted by Gasteiger charge is 2.37. The number of hydrogen-bond donors (Lipinski definition) is 1. The molecule has 1 saturated heterocycles. The third kappa shape index (κ3) is 5.63. The highest BCUT2D eigenvalue weighted by atomic mass is 35.5. The molecule has 0 aliphatic carbocycles. The van der Waals surface area contributed by atoms with Crippen molar-refractivity contribution in [2.75, 3.05) is 24.5 Å². The highest BCUT2D eigenvalue weighted by Crippen LogP contribution is 2.29. The summed E-state index contributed by atoms with van der Waals surface area (Å²) in [6.07, 6.45) is 2.20. The molecular formula is C22H34ClN3O2. The zero-order valence-corrected chi connectivity index (χ0v) is 18.3. The van der Waals surface area contributed by atoms with Crippen LogP contribution in [0.25, 0.3) is 0 Å². The number of carbonyl (C=O) groups is 2. The molecule has 2 amide bonds. The van der Waals surface area contributed by atoms with Gasteiger partial charge in [-0.05, 0) is 49.9 Å². The largest absolute Gasteiger partial charge is 0.369 e. The second-order valence-corrected chi connectivity index (χ2v) is 8.77. The Balaban J connectivity index is 2.13. The second-order valence-electron chi connectivity index (χ2n) is 8.34. The average molecular weight is 408 g/mol. The Bertz CT molecular complexity index is 662. The highest BCUT2D eigenvalue weighted by molar-refractivity contribution is 6.30. The number of carbonyl (C=O) groups excluding carboxylic acids is 2. The molecule has 1 heterocycles. The van der Waals surface area contributed by atoms with Crippen molar-refractivity contribution in [1.29, 1.82) is 0 Å². The number of benzene rings is 1. The van der Waals surface area contributed by atoms with E-state index in [0.29, 0.717) is 31.8 Å². The van der Waals surface area contributed by atoms with E-state index in [0.717, 1.165) is 23.7 Å². The molecule has 3 atom stereocenters. The maximum Gasteiger partial charge on any atom is 0.226 e. The Hall–Kier alpha value is -1.75. The van der Waals surface area contributed by atoms with Crippen LogP contribution in [0.4, 0.5) is 5.69 Å². The van der Waals surface area contributed by atoms with E-state index < -0.39 is 0 Å². The third-order valence-corrected chi connectivity index (χ3v) is 5.84. The molecule has 1 aromatic carbocycles. The molecule has 2 rings (SSSR count). The molecule has 2 N–H and O–H groups in total. The lowest BCUT2D eigenvalue weighted by Gasteiger charge is -2.43. The van der Waals surface area contributed by atoms with Crippen molar-refractivity contribution in [3.05, 3.63) is 29.3 Å². The first-order valence-electron chi connectivity index (χ1n) is 10.3. The molecule has 0 aromatic heterocycles. The lowest BCUT2D eigenvalue weighted by molar-refractivity contribution is -0.142. The van der Waals surface area contributed by atoms with Crippen molar-refractivity contribution < 1.29 is 9.59 Å². The molecule has 1 aromatic rings. The van der Waals surface area contributed by atoms with Gasteiger partial charge in [0.1, 0.15) is 0 Å². The van der Waals surface area contributed by atoms with Crippen LogP contribution in [0.2, 0.25) is 5.02 Å². The van der Waals surface area contributed by atoms with Gasteiger partial charge < -0.3 is 15.5 Å². The van der Waals surface area contributed by atoms with Crippen LogP contribution in [0.15, 0.2) is 24.3 Å². The Kier molecular flexibility index (Phi) is 8.17. The van der Waals surface area contributed by atoms with E-state index in [4.69, 9.17) is 17.3 Å². The van der Waals surface area contributed by atoms with Crippen molar-refractivity contribution in [2.45, 2.75) is 53.0 Å². The molecule has 156 valence electrons. The minimum atomic E-state index is -0.385. The van der Waals surface area contributed by atoms with E-state index >= 15 is 0 Å². The molecule has 0 spiro atoms. The molecule has 5 nitrogen and oxygen atoms in total. The fourth-order valence-corrected chi connectivity index (χ4v) is 4.33. The summed E-state index contributed by atoms with van der Waals surface area (Å²) in [6.45, 7) is 10.4. The van der Waals surface area contributed by atoms with Crippen molar-refractivity contribution in [3.8, 4) is 0 Å². The lowest BCUT2D eigenvalue weighted by Crippen LogP contribution is -2.56. The maximum atomic E-state index is 13.4. The van der Waals surface area contributed by atoms with E-state index in [1.165, 1.54) is 0 Å². The first kappa shape index (κ1) is 22.5. The Morgan fingerprint density at radius 1 is 1.18 bits per heavy atom. The van der Waals surface area contributed by atoms with Gasteiger partial charge in [0.25, 0.3) is 0 Å². The number of primary amides is 1. The zero-order valence-electron chi connectivity index (χ0n) is 17.5. The third-order valence-electron chi connectivity index (χ3n) is 5.59. The predicted molar refractivity (Wildman–Crippen MR) is 115 cm³/mol. The van der Waals surface area contributed by atoms with Crippen LogP contribution in [0, 0.1) is 17.8 Å². The molecule has 1 aliphatic heterocycles. The van der Waals surface area contributed by atoms with Gasteiger partial charge in [0.2, 0.25) is 11.8 Å². The molecule has 0 radical (unpaired) electrons. The predicted octanol–water partition coefficient (Wildman–Crippen LogP) is 3.94. The van der Waals surface area contributed by atoms with Crippen molar-refractivity contribution in [3.63, 3.8) is 0 Å². The fraction of sp³-hybridized carbons (Fsp3) is 0.636. The van der Waals surface area contributed by atoms with Gasteiger partial charge in [-0.25, -0.2) is 0 Å². The van der Waals surface area contributed by atoms with Gasteiger partial charge in [0.05, 0.1) is 0 Å². The molecule has 28 heavy (non-hydrogen) atoms. The van der Waals surface area contributed by atoms with Crippen LogP contribution in [-0.2, 0) is 9.59 Å². The SMILES string of the molecule is CCCC(C(N)=O)C(CC(C)C)C(=O)N1CCN(c2ccc(Cl)cc2)C(C)C1. The minimum absolute atomic E-state index is 0.0774. The van der Waals surface area contributed by atoms with E-state index in [1.807, 2.05) is 36.1 Å². The van der Waals surface area contributed by atoms with Crippen LogP contribution in [-0.4, -0.2) is 42.4 Å². The quantitative estimate of drug-likeness (QED) is 0.709. The Morgan fingerprint density at radius 3 is 2.32 bits per heavy atom.